The minimum Gasteiger partial charge on any atom is -0.741 e. The number of anilines is 2. The summed E-state index contributed by atoms with van der Waals surface area (Å²) < 4.78 is 236. The molecule has 0 fully saturated rings. The molecule has 0 amide bonds. The van der Waals surface area contributed by atoms with Crippen molar-refractivity contribution < 1.29 is 144 Å². The van der Waals surface area contributed by atoms with Gasteiger partial charge in [0.2, 0.25) is 0 Å². The molecule has 0 aliphatic heterocycles. The molecule has 67 heavy (non-hydrogen) atoms. The van der Waals surface area contributed by atoms with Gasteiger partial charge >= 0.3 is 56.2 Å². The van der Waals surface area contributed by atoms with Crippen LogP contribution in [0.1, 0.15) is 25.2 Å². The monoisotopic (exact) mass is 1170 g/mol. The topological polar surface area (TPSA) is 392 Å². The van der Waals surface area contributed by atoms with Crippen LogP contribution < -0.4 is 10.0 Å². The molecular weight excluding hydrogens is 1140 g/mol. The minimum atomic E-state index is -6.09. The Bertz CT molecular complexity index is 2200. The fourth-order valence-electron chi connectivity index (χ4n) is 2.01. The van der Waals surface area contributed by atoms with E-state index in [0.717, 1.165) is 11.4 Å². The van der Waals surface area contributed by atoms with Gasteiger partial charge in [-0.15, -0.1) is 0 Å². The number of hydrazone groups is 2. The van der Waals surface area contributed by atoms with Crippen LogP contribution in [0, 0.1) is 22.7 Å². The molecule has 3 rings (SSSR count). The first-order valence-electron chi connectivity index (χ1n) is 14.4. The van der Waals surface area contributed by atoms with E-state index in [1.165, 1.54) is 20.2 Å². The molecule has 0 saturated carbocycles. The maximum atomic E-state index is 10.7. The first-order chi connectivity index (χ1) is 28.5. The van der Waals surface area contributed by atoms with Crippen molar-refractivity contribution in [1.82, 2.24) is 19.9 Å². The third kappa shape index (κ3) is 37.8. The Morgan fingerprint density at radius 2 is 0.746 bits per heavy atom. The molecule has 0 atom stereocenters. The molecule has 3 aromatic heterocycles. The zero-order valence-corrected chi connectivity index (χ0v) is 37.8. The zero-order chi connectivity index (χ0) is 51.6. The van der Waals surface area contributed by atoms with Gasteiger partial charge in [0.05, 0.1) is 36.0 Å². The molecule has 3 aromatic rings. The van der Waals surface area contributed by atoms with Crippen molar-refractivity contribution in [3.05, 3.63) is 72.6 Å². The summed E-state index contributed by atoms with van der Waals surface area (Å²) in [6.45, 7) is 2.86. The molecule has 0 aliphatic rings. The van der Waals surface area contributed by atoms with Crippen LogP contribution in [0.25, 0.3) is 0 Å². The van der Waals surface area contributed by atoms with Crippen molar-refractivity contribution >= 4 is 64.5 Å². The Morgan fingerprint density at radius 1 is 0.537 bits per heavy atom. The van der Waals surface area contributed by atoms with Gasteiger partial charge in [-0.2, -0.15) is 73.4 Å². The smallest absolute Gasteiger partial charge is 0.741 e. The SMILES string of the molecule is CC#N.CC#N.CN(/N=C/c1ccccn1)c1cc(N(C)/N=C/c2ccccn2)ncn1.O=S(=O)([O-])C(F)(F)F.O=S(=O)([O-])C(F)(F)F.O=S(=O)([O-])C(F)(F)F.O=S(=O)([O-])C(F)(F)F.[Cu+2].[Cu+2].[OH3+]. The van der Waals surface area contributed by atoms with E-state index in [-0.39, 0.29) is 39.6 Å². The molecule has 0 aliphatic carbocycles. The van der Waals surface area contributed by atoms with Crippen molar-refractivity contribution in [3.63, 3.8) is 0 Å². The average molecular weight is 1170 g/mol. The molecule has 41 heteroatoms. The van der Waals surface area contributed by atoms with Crippen LogP contribution in [0.4, 0.5) is 64.3 Å². The van der Waals surface area contributed by atoms with Crippen LogP contribution in [0.15, 0.2) is 71.4 Å². The van der Waals surface area contributed by atoms with Crippen LogP contribution >= 0.6 is 0 Å². The van der Waals surface area contributed by atoms with E-state index in [0.29, 0.717) is 11.6 Å². The van der Waals surface area contributed by atoms with Gasteiger partial charge in [0, 0.05) is 46.4 Å². The zero-order valence-electron chi connectivity index (χ0n) is 32.6. The van der Waals surface area contributed by atoms with Crippen LogP contribution in [-0.2, 0) is 80.1 Å². The second kappa shape index (κ2) is 33.6. The van der Waals surface area contributed by atoms with E-state index in [1.807, 2.05) is 50.5 Å². The predicted octanol–water partition coefficient (Wildman–Crippen LogP) is 2.55. The van der Waals surface area contributed by atoms with Gasteiger partial charge in [-0.1, -0.05) is 12.1 Å². The van der Waals surface area contributed by atoms with Crippen LogP contribution in [-0.4, -0.2) is 120 Å². The minimum absolute atomic E-state index is 0. The third-order valence-corrected chi connectivity index (χ3v) is 6.80. The van der Waals surface area contributed by atoms with E-state index in [1.54, 1.807) is 53.0 Å². The van der Waals surface area contributed by atoms with Crippen molar-refractivity contribution in [2.45, 2.75) is 35.9 Å². The maximum Gasteiger partial charge on any atom is 2.00 e. The van der Waals surface area contributed by atoms with Gasteiger partial charge < -0.3 is 23.7 Å². The third-order valence-electron chi connectivity index (χ3n) is 4.54. The fourth-order valence-corrected chi connectivity index (χ4v) is 2.01. The molecule has 0 spiro atoms. The summed E-state index contributed by atoms with van der Waals surface area (Å²) in [7, 11) is -20.7. The van der Waals surface area contributed by atoms with Gasteiger partial charge in [0.15, 0.2) is 52.1 Å². The van der Waals surface area contributed by atoms with Crippen LogP contribution in [0.2, 0.25) is 0 Å². The molecule has 2 radical (unpaired) electrons. The molecule has 3 N–H and O–H groups in total. The molecule has 0 bridgehead atoms. The molecule has 23 nitrogen and oxygen atoms in total. The summed E-state index contributed by atoms with van der Waals surface area (Å²) in [5.74, 6) is 1.28. The van der Waals surface area contributed by atoms with Crippen molar-refractivity contribution in [1.29, 1.82) is 10.5 Å². The van der Waals surface area contributed by atoms with Crippen LogP contribution in [0.3, 0.4) is 0 Å². The van der Waals surface area contributed by atoms with E-state index >= 15 is 0 Å². The summed E-state index contributed by atoms with van der Waals surface area (Å²) in [4.78, 5) is 16.9. The molecular formula is C26H27Cu2F12N10O13S4+. The number of hydrogen-bond acceptors (Lipinski definition) is 22. The van der Waals surface area contributed by atoms with Gasteiger partial charge in [-0.25, -0.2) is 43.6 Å². The second-order valence-corrected chi connectivity index (χ2v) is 14.8. The summed E-state index contributed by atoms with van der Waals surface area (Å²) in [6, 6.07) is 16.6. The van der Waals surface area contributed by atoms with E-state index in [2.05, 4.69) is 30.1 Å². The van der Waals surface area contributed by atoms with Crippen molar-refractivity contribution in [3.8, 4) is 12.1 Å². The van der Waals surface area contributed by atoms with Gasteiger partial charge in [-0.3, -0.25) is 20.0 Å². The Balaban J connectivity index is -0.000000146. The Labute approximate surface area is 392 Å². The normalized spacial score (nSPS) is 11.3. The van der Waals surface area contributed by atoms with Crippen molar-refractivity contribution in [2.24, 2.45) is 10.2 Å². The first-order valence-corrected chi connectivity index (χ1v) is 20.1. The number of nitriles is 2. The fraction of sp³-hybridized carbons (Fsp3) is 0.308. The quantitative estimate of drug-likeness (QED) is 0.0651. The Hall–Kier alpha value is -4.90. The molecule has 0 saturated heterocycles. The van der Waals surface area contributed by atoms with Gasteiger partial charge in [-0.05, 0) is 24.3 Å². The molecule has 0 aromatic carbocycles. The molecule has 388 valence electrons. The number of nitrogens with zero attached hydrogens (tertiary/aromatic N) is 10. The summed E-state index contributed by atoms with van der Waals surface area (Å²) >= 11 is 0. The van der Waals surface area contributed by atoms with E-state index < -0.39 is 62.5 Å². The van der Waals surface area contributed by atoms with Crippen molar-refractivity contribution in [2.75, 3.05) is 24.1 Å². The number of alkyl halides is 12. The average Bonchev–Trinajstić information content (AvgIpc) is 3.12. The Morgan fingerprint density at radius 3 is 0.910 bits per heavy atom. The number of pyridine rings is 2. The second-order valence-electron chi connectivity index (χ2n) is 9.33. The predicted molar refractivity (Wildman–Crippen MR) is 193 cm³/mol. The van der Waals surface area contributed by atoms with Gasteiger partial charge in [0.25, 0.3) is 0 Å². The molecule has 3 heterocycles. The number of rotatable bonds is 6. The first kappa shape index (κ1) is 76.4. The summed E-state index contributed by atoms with van der Waals surface area (Å²) in [5.41, 5.74) is -21.0. The van der Waals surface area contributed by atoms with E-state index in [4.69, 9.17) is 62.4 Å². The van der Waals surface area contributed by atoms with Gasteiger partial charge in [0.1, 0.15) is 6.33 Å². The number of halogens is 12. The Kier molecular flexibility index (Phi) is 38.2. The summed E-state index contributed by atoms with van der Waals surface area (Å²) in [6.07, 6.45) is 8.26. The standard InChI is InChI=1S/C18H18N8.2C2H3N.4CHF3O3S.2Cu.H2O/c1-25(23-12-15-7-3-5-9-19-15)17-11-18(22-14-21-17)26(2)24-13-16-8-4-6-10-20-16;2*1-2-3;4*2-1(3,4)8(5,6)7;;;/h3-14H,1-2H3;2*1H3;4*(H,5,6,7);;;1H2/q;;;;;;;2*+2;/p-3/b23-12+,24-13+;;;;;;;;;. The maximum absolute atomic E-state index is 10.7. The number of hydrogen-bond donors (Lipinski definition) is 0. The number of aromatic nitrogens is 4. The molecule has 0 unspecified atom stereocenters. The summed E-state index contributed by atoms with van der Waals surface area (Å²) in [5, 5.41) is 26.6. The largest absolute Gasteiger partial charge is 2.00 e. The van der Waals surface area contributed by atoms with E-state index in [9.17, 15) is 52.7 Å². The van der Waals surface area contributed by atoms with Crippen LogP contribution in [0.5, 0.6) is 0 Å².